The molecule has 1 aromatic rings. The molecule has 0 radical (unpaired) electrons. The number of ether oxygens (including phenoxy) is 2. The Morgan fingerprint density at radius 3 is 2.87 bits per heavy atom. The maximum atomic E-state index is 5.74. The molecule has 4 nitrogen and oxygen atoms in total. The average Bonchev–Trinajstić information content (AvgIpc) is 2.27. The minimum Gasteiger partial charge on any atom is -0.382 e. The van der Waals surface area contributed by atoms with Crippen molar-refractivity contribution in [2.45, 2.75) is 19.1 Å². The summed E-state index contributed by atoms with van der Waals surface area (Å²) in [6.07, 6.45) is 3.43. The number of pyridine rings is 1. The number of nitrogens with two attached hydrogens (primary N) is 1. The molecule has 84 valence electrons. The Kier molecular flexibility index (Phi) is 5.25. The topological polar surface area (TPSA) is 57.4 Å². The van der Waals surface area contributed by atoms with Gasteiger partial charge in [-0.2, -0.15) is 0 Å². The summed E-state index contributed by atoms with van der Waals surface area (Å²) < 4.78 is 10.7. The second-order valence-corrected chi connectivity index (χ2v) is 3.41. The first-order chi connectivity index (χ1) is 7.27. The molecule has 0 fully saturated rings. The second kappa shape index (κ2) is 6.50. The van der Waals surface area contributed by atoms with Gasteiger partial charge in [0.15, 0.2) is 0 Å². The predicted octanol–water partition coefficient (Wildman–Crippen LogP) is 1.13. The van der Waals surface area contributed by atoms with Crippen LogP contribution >= 0.6 is 0 Å². The first kappa shape index (κ1) is 12.1. The van der Waals surface area contributed by atoms with Crippen LogP contribution in [0, 0.1) is 0 Å². The highest BCUT2D eigenvalue weighted by Gasteiger charge is 2.13. The molecule has 1 heterocycles. The molecule has 0 bridgehead atoms. The number of aromatic nitrogens is 1. The Labute approximate surface area is 90.4 Å². The lowest BCUT2D eigenvalue weighted by Gasteiger charge is -2.20. The second-order valence-electron chi connectivity index (χ2n) is 3.41. The van der Waals surface area contributed by atoms with Crippen LogP contribution in [-0.4, -0.2) is 31.3 Å². The highest BCUT2D eigenvalue weighted by molar-refractivity contribution is 5.12. The molecule has 2 atom stereocenters. The lowest BCUT2D eigenvalue weighted by molar-refractivity contribution is -0.0363. The molecule has 2 unspecified atom stereocenters. The van der Waals surface area contributed by atoms with Crippen LogP contribution in [-0.2, 0) is 9.47 Å². The van der Waals surface area contributed by atoms with E-state index in [1.54, 1.807) is 19.5 Å². The molecule has 0 saturated heterocycles. The van der Waals surface area contributed by atoms with E-state index < -0.39 is 0 Å². The van der Waals surface area contributed by atoms with Crippen LogP contribution in [0.3, 0.4) is 0 Å². The van der Waals surface area contributed by atoms with Gasteiger partial charge in [-0.3, -0.25) is 4.98 Å². The summed E-state index contributed by atoms with van der Waals surface area (Å²) in [5.41, 5.74) is 6.66. The summed E-state index contributed by atoms with van der Waals surface area (Å²) in [5, 5.41) is 0. The van der Waals surface area contributed by atoms with E-state index in [9.17, 15) is 0 Å². The van der Waals surface area contributed by atoms with Crippen LogP contribution in [0.4, 0.5) is 0 Å². The fraction of sp³-hybridized carbons (Fsp3) is 0.545. The zero-order chi connectivity index (χ0) is 11.1. The molecule has 4 heteroatoms. The zero-order valence-electron chi connectivity index (χ0n) is 9.22. The molecule has 0 aliphatic rings. The molecular formula is C11H18N2O2. The third-order valence-corrected chi connectivity index (χ3v) is 2.07. The van der Waals surface area contributed by atoms with E-state index in [1.807, 2.05) is 19.1 Å². The summed E-state index contributed by atoms with van der Waals surface area (Å²) in [6, 6.07) is 3.84. The number of methoxy groups -OCH3 is 1. The predicted molar refractivity (Wildman–Crippen MR) is 58.5 cm³/mol. The van der Waals surface area contributed by atoms with Gasteiger partial charge in [0.05, 0.1) is 18.8 Å². The van der Waals surface area contributed by atoms with Crippen molar-refractivity contribution in [1.82, 2.24) is 4.98 Å². The van der Waals surface area contributed by atoms with Gasteiger partial charge in [-0.1, -0.05) is 6.07 Å². The Hall–Kier alpha value is -0.970. The minimum atomic E-state index is -0.108. The molecule has 15 heavy (non-hydrogen) atoms. The summed E-state index contributed by atoms with van der Waals surface area (Å²) in [6.45, 7) is 2.97. The Bertz CT molecular complexity index is 267. The largest absolute Gasteiger partial charge is 0.382 e. The molecule has 0 saturated carbocycles. The van der Waals surface area contributed by atoms with Crippen molar-refractivity contribution in [3.63, 3.8) is 0 Å². The molecule has 0 aliphatic carbocycles. The Morgan fingerprint density at radius 1 is 1.53 bits per heavy atom. The lowest BCUT2D eigenvalue weighted by Crippen LogP contribution is -2.23. The van der Waals surface area contributed by atoms with E-state index in [1.165, 1.54) is 0 Å². The maximum Gasteiger partial charge on any atom is 0.0966 e. The first-order valence-electron chi connectivity index (χ1n) is 5.02. The van der Waals surface area contributed by atoms with E-state index in [4.69, 9.17) is 15.2 Å². The van der Waals surface area contributed by atoms with Crippen molar-refractivity contribution >= 4 is 0 Å². The number of rotatable bonds is 6. The van der Waals surface area contributed by atoms with Crippen LogP contribution < -0.4 is 5.73 Å². The fourth-order valence-electron chi connectivity index (χ4n) is 1.39. The van der Waals surface area contributed by atoms with E-state index in [-0.39, 0.29) is 12.2 Å². The van der Waals surface area contributed by atoms with Gasteiger partial charge in [-0.05, 0) is 13.0 Å². The summed E-state index contributed by atoms with van der Waals surface area (Å²) >= 11 is 0. The van der Waals surface area contributed by atoms with Crippen molar-refractivity contribution in [2.24, 2.45) is 5.73 Å². The first-order valence-corrected chi connectivity index (χ1v) is 5.02. The highest BCUT2D eigenvalue weighted by atomic mass is 16.5. The summed E-state index contributed by atoms with van der Waals surface area (Å²) in [5.74, 6) is 0. The Morgan fingerprint density at radius 2 is 2.33 bits per heavy atom. The van der Waals surface area contributed by atoms with Crippen molar-refractivity contribution in [1.29, 1.82) is 0 Å². The molecular weight excluding hydrogens is 192 g/mol. The van der Waals surface area contributed by atoms with Gasteiger partial charge in [0.25, 0.3) is 0 Å². The monoisotopic (exact) mass is 210 g/mol. The van der Waals surface area contributed by atoms with Crippen LogP contribution in [0.5, 0.6) is 0 Å². The highest BCUT2D eigenvalue weighted by Crippen LogP contribution is 2.16. The quantitative estimate of drug-likeness (QED) is 0.764. The number of nitrogens with zero attached hydrogens (tertiary/aromatic N) is 1. The van der Waals surface area contributed by atoms with Gasteiger partial charge in [-0.15, -0.1) is 0 Å². The van der Waals surface area contributed by atoms with E-state index in [0.29, 0.717) is 13.2 Å². The van der Waals surface area contributed by atoms with Crippen LogP contribution in [0.2, 0.25) is 0 Å². The van der Waals surface area contributed by atoms with Gasteiger partial charge in [0.1, 0.15) is 0 Å². The third kappa shape index (κ3) is 3.95. The third-order valence-electron chi connectivity index (χ3n) is 2.07. The molecule has 0 spiro atoms. The van der Waals surface area contributed by atoms with Crippen LogP contribution in [0.15, 0.2) is 24.5 Å². The number of hydrogen-bond acceptors (Lipinski definition) is 4. The molecule has 1 rings (SSSR count). The van der Waals surface area contributed by atoms with Crippen LogP contribution in [0.1, 0.15) is 18.6 Å². The maximum absolute atomic E-state index is 5.74. The van der Waals surface area contributed by atoms with Gasteiger partial charge in [0.2, 0.25) is 0 Å². The van der Waals surface area contributed by atoms with Gasteiger partial charge < -0.3 is 15.2 Å². The van der Waals surface area contributed by atoms with Gasteiger partial charge in [0, 0.05) is 31.6 Å². The average molecular weight is 210 g/mol. The van der Waals surface area contributed by atoms with E-state index in [0.717, 1.165) is 5.56 Å². The summed E-state index contributed by atoms with van der Waals surface area (Å²) in [4.78, 5) is 4.04. The van der Waals surface area contributed by atoms with E-state index >= 15 is 0 Å². The number of hydrogen-bond donors (Lipinski definition) is 1. The zero-order valence-corrected chi connectivity index (χ0v) is 9.22. The van der Waals surface area contributed by atoms with Crippen molar-refractivity contribution in [3.05, 3.63) is 30.1 Å². The standard InChI is InChI=1S/C11H18N2O2/c1-9(8-14-2)15-11(6-12)10-4-3-5-13-7-10/h3-5,7,9,11H,6,8,12H2,1-2H3. The van der Waals surface area contributed by atoms with Crippen LogP contribution in [0.25, 0.3) is 0 Å². The molecule has 0 aliphatic heterocycles. The van der Waals surface area contributed by atoms with E-state index in [2.05, 4.69) is 4.98 Å². The molecule has 0 aromatic carbocycles. The van der Waals surface area contributed by atoms with Gasteiger partial charge >= 0.3 is 0 Å². The Balaban J connectivity index is 2.56. The van der Waals surface area contributed by atoms with Crippen molar-refractivity contribution < 1.29 is 9.47 Å². The van der Waals surface area contributed by atoms with Crippen molar-refractivity contribution in [3.8, 4) is 0 Å². The molecule has 0 amide bonds. The van der Waals surface area contributed by atoms with Crippen molar-refractivity contribution in [2.75, 3.05) is 20.3 Å². The SMILES string of the molecule is COCC(C)OC(CN)c1cccnc1. The minimum absolute atomic E-state index is 0.0313. The molecule has 2 N–H and O–H groups in total. The van der Waals surface area contributed by atoms with Gasteiger partial charge in [-0.25, -0.2) is 0 Å². The summed E-state index contributed by atoms with van der Waals surface area (Å²) in [7, 11) is 1.65. The molecule has 1 aromatic heterocycles. The normalized spacial score (nSPS) is 14.9. The fourth-order valence-corrected chi connectivity index (χ4v) is 1.39. The smallest absolute Gasteiger partial charge is 0.0966 e. The lowest BCUT2D eigenvalue weighted by atomic mass is 10.1.